The molecule has 0 aromatic heterocycles. The molecule has 0 amide bonds. The van der Waals surface area contributed by atoms with Gasteiger partial charge in [0, 0.05) is 25.7 Å². The molecule has 0 rings (SSSR count). The van der Waals surface area contributed by atoms with Crippen molar-refractivity contribution >= 4 is 39.5 Å². The number of ether oxygens (including phenoxy) is 4. The first-order valence-corrected chi connectivity index (χ1v) is 40.9. The fourth-order valence-corrected chi connectivity index (χ4v) is 12.6. The number of carbonyl (C=O) groups is 4. The van der Waals surface area contributed by atoms with Crippen molar-refractivity contribution in [3.63, 3.8) is 0 Å². The summed E-state index contributed by atoms with van der Waals surface area (Å²) < 4.78 is 68.4. The molecule has 0 aliphatic heterocycles. The Bertz CT molecular complexity index is 1800. The van der Waals surface area contributed by atoms with Crippen LogP contribution in [0.1, 0.15) is 370 Å². The number of phosphoric ester groups is 2. The monoisotopic (exact) mass is 1350 g/mol. The number of esters is 4. The van der Waals surface area contributed by atoms with E-state index in [9.17, 15) is 43.2 Å². The van der Waals surface area contributed by atoms with Crippen molar-refractivity contribution in [3.8, 4) is 0 Å². The molecule has 19 heteroatoms. The van der Waals surface area contributed by atoms with Crippen molar-refractivity contribution in [2.24, 2.45) is 17.8 Å². The average molecular weight is 1350 g/mol. The molecule has 0 aliphatic carbocycles. The van der Waals surface area contributed by atoms with E-state index in [1.54, 1.807) is 0 Å². The number of hydrogen-bond donors (Lipinski definition) is 3. The van der Waals surface area contributed by atoms with Crippen molar-refractivity contribution in [2.75, 3.05) is 39.6 Å². The first-order valence-electron chi connectivity index (χ1n) is 37.9. The van der Waals surface area contributed by atoms with Crippen LogP contribution in [0, 0.1) is 17.8 Å². The third kappa shape index (κ3) is 65.4. The number of carbonyl (C=O) groups excluding carboxylic acids is 4. The van der Waals surface area contributed by atoms with E-state index in [0.29, 0.717) is 31.6 Å². The topological polar surface area (TPSA) is 237 Å². The van der Waals surface area contributed by atoms with Crippen LogP contribution in [0.5, 0.6) is 0 Å². The van der Waals surface area contributed by atoms with Crippen LogP contribution in [0.15, 0.2) is 0 Å². The van der Waals surface area contributed by atoms with E-state index in [2.05, 4.69) is 48.5 Å². The van der Waals surface area contributed by atoms with Crippen LogP contribution >= 0.6 is 15.6 Å². The zero-order chi connectivity index (χ0) is 68.0. The van der Waals surface area contributed by atoms with Crippen LogP contribution in [0.25, 0.3) is 0 Å². The van der Waals surface area contributed by atoms with E-state index in [-0.39, 0.29) is 25.7 Å². The van der Waals surface area contributed by atoms with Gasteiger partial charge in [-0.3, -0.25) is 37.3 Å². The van der Waals surface area contributed by atoms with Gasteiger partial charge in [0.2, 0.25) is 0 Å². The first-order chi connectivity index (χ1) is 44.3. The third-order valence-corrected chi connectivity index (χ3v) is 19.1. The Morgan fingerprint density at radius 1 is 0.315 bits per heavy atom. The Morgan fingerprint density at radius 2 is 0.554 bits per heavy atom. The lowest BCUT2D eigenvalue weighted by atomic mass is 9.99. The minimum atomic E-state index is -4.96. The molecule has 546 valence electrons. The Kier molecular flexibility index (Phi) is 62.4. The number of hydrogen-bond acceptors (Lipinski definition) is 15. The summed E-state index contributed by atoms with van der Waals surface area (Å²) in [4.78, 5) is 72.7. The molecule has 0 saturated carbocycles. The van der Waals surface area contributed by atoms with E-state index in [1.807, 2.05) is 0 Å². The van der Waals surface area contributed by atoms with Crippen LogP contribution < -0.4 is 0 Å². The molecule has 92 heavy (non-hydrogen) atoms. The Morgan fingerprint density at radius 3 is 0.826 bits per heavy atom. The molecule has 0 heterocycles. The average Bonchev–Trinajstić information content (AvgIpc) is 2.29. The fraction of sp³-hybridized carbons (Fsp3) is 0.945. The van der Waals surface area contributed by atoms with Crippen molar-refractivity contribution in [3.05, 3.63) is 0 Å². The van der Waals surface area contributed by atoms with Crippen molar-refractivity contribution < 1.29 is 80.2 Å². The van der Waals surface area contributed by atoms with Gasteiger partial charge in [0.05, 0.1) is 26.4 Å². The van der Waals surface area contributed by atoms with Gasteiger partial charge in [-0.2, -0.15) is 0 Å². The normalized spacial score (nSPS) is 14.4. The lowest BCUT2D eigenvalue weighted by Crippen LogP contribution is -2.30. The SMILES string of the molecule is CCCCCCCCCCCCCC(=O)O[C@H](COC(=O)CCCCCCCCCC(C)C)COP(=O)(O)OC[C@H](O)COP(=O)(O)OC[C@@H](COC(=O)CCCCCCCCCCCCC(C)CC)OC(=O)CCCCCCCCCCCCCCCCC(C)C. The highest BCUT2D eigenvalue weighted by Crippen LogP contribution is 2.45. The summed E-state index contributed by atoms with van der Waals surface area (Å²) in [6, 6.07) is 0. The first kappa shape index (κ1) is 90.1. The van der Waals surface area contributed by atoms with Gasteiger partial charge in [-0.15, -0.1) is 0 Å². The highest BCUT2D eigenvalue weighted by molar-refractivity contribution is 7.47. The van der Waals surface area contributed by atoms with Crippen molar-refractivity contribution in [2.45, 2.75) is 388 Å². The predicted octanol–water partition coefficient (Wildman–Crippen LogP) is 21.0. The molecule has 0 radical (unpaired) electrons. The molecular formula is C73H142O17P2. The molecular weight excluding hydrogens is 1210 g/mol. The molecule has 17 nitrogen and oxygen atoms in total. The summed E-state index contributed by atoms with van der Waals surface area (Å²) >= 11 is 0. The van der Waals surface area contributed by atoms with Gasteiger partial charge in [-0.25, -0.2) is 9.13 Å². The largest absolute Gasteiger partial charge is 0.472 e. The summed E-state index contributed by atoms with van der Waals surface area (Å²) in [6.07, 6.45) is 48.5. The predicted molar refractivity (Wildman–Crippen MR) is 372 cm³/mol. The zero-order valence-electron chi connectivity index (χ0n) is 60.0. The van der Waals surface area contributed by atoms with Gasteiger partial charge < -0.3 is 33.8 Å². The Hall–Kier alpha value is -1.94. The smallest absolute Gasteiger partial charge is 0.462 e. The minimum Gasteiger partial charge on any atom is -0.462 e. The highest BCUT2D eigenvalue weighted by atomic mass is 31.2. The van der Waals surface area contributed by atoms with Crippen LogP contribution in [0.4, 0.5) is 0 Å². The van der Waals surface area contributed by atoms with Crippen LogP contribution in [-0.4, -0.2) is 96.7 Å². The van der Waals surface area contributed by atoms with E-state index >= 15 is 0 Å². The summed E-state index contributed by atoms with van der Waals surface area (Å²) in [6.45, 7) is 11.9. The second kappa shape index (κ2) is 63.8. The van der Waals surface area contributed by atoms with Crippen molar-refractivity contribution in [1.82, 2.24) is 0 Å². The quantitative estimate of drug-likeness (QED) is 0.0222. The van der Waals surface area contributed by atoms with Gasteiger partial charge in [0.15, 0.2) is 12.2 Å². The van der Waals surface area contributed by atoms with E-state index in [1.165, 1.54) is 173 Å². The number of unbranched alkanes of at least 4 members (excludes halogenated alkanes) is 38. The highest BCUT2D eigenvalue weighted by Gasteiger charge is 2.30. The lowest BCUT2D eigenvalue weighted by Gasteiger charge is -2.21. The Labute approximate surface area is 562 Å². The van der Waals surface area contributed by atoms with Gasteiger partial charge >= 0.3 is 39.5 Å². The maximum atomic E-state index is 13.1. The number of aliphatic hydroxyl groups is 1. The molecule has 3 N–H and O–H groups in total. The standard InChI is InChI=1S/C73H142O17P2/c1-8-10-11-12-13-14-19-27-34-42-49-56-72(77)90-69(61-84-71(76)55-48-41-36-29-31-38-45-52-65(5)6)63-88-92(81,82)86-59-67(74)58-85-91(79,80)87-62-68(60-83-70(75)54-47-40-33-26-23-22-25-32-39-46-53-66(7)9-2)89-73(78)57-50-43-35-28-21-18-16-15-17-20-24-30-37-44-51-64(3)4/h64-69,74H,8-63H2,1-7H3,(H,79,80)(H,81,82)/t66?,67-,68-,69-/m1/s1. The number of phosphoric acid groups is 2. The van der Waals surface area contributed by atoms with E-state index in [4.69, 9.17) is 37.0 Å². The molecule has 0 bridgehead atoms. The molecule has 0 fully saturated rings. The lowest BCUT2D eigenvalue weighted by molar-refractivity contribution is -0.161. The second-order valence-electron chi connectivity index (χ2n) is 27.5. The van der Waals surface area contributed by atoms with Crippen LogP contribution in [-0.2, 0) is 65.4 Å². The summed E-state index contributed by atoms with van der Waals surface area (Å²) in [7, 11) is -9.91. The molecule has 0 spiro atoms. The second-order valence-corrected chi connectivity index (χ2v) is 30.4. The summed E-state index contributed by atoms with van der Waals surface area (Å²) in [5.74, 6) is 0.188. The van der Waals surface area contributed by atoms with E-state index in [0.717, 1.165) is 108 Å². The number of aliphatic hydroxyl groups excluding tert-OH is 1. The summed E-state index contributed by atoms with van der Waals surface area (Å²) in [5, 5.41) is 10.6. The maximum absolute atomic E-state index is 13.1. The maximum Gasteiger partial charge on any atom is 0.472 e. The molecule has 0 aliphatic rings. The molecule has 0 aromatic carbocycles. The van der Waals surface area contributed by atoms with E-state index < -0.39 is 97.5 Å². The number of rotatable bonds is 71. The molecule has 0 saturated heterocycles. The molecule has 0 aromatic rings. The van der Waals surface area contributed by atoms with Gasteiger partial charge in [-0.05, 0) is 43.4 Å². The zero-order valence-corrected chi connectivity index (χ0v) is 61.8. The van der Waals surface area contributed by atoms with Crippen LogP contribution in [0.2, 0.25) is 0 Å². The minimum absolute atomic E-state index is 0.106. The molecule has 3 unspecified atom stereocenters. The van der Waals surface area contributed by atoms with Crippen LogP contribution in [0.3, 0.4) is 0 Å². The van der Waals surface area contributed by atoms with Gasteiger partial charge in [0.25, 0.3) is 0 Å². The summed E-state index contributed by atoms with van der Waals surface area (Å²) in [5.41, 5.74) is 0. The fourth-order valence-electron chi connectivity index (χ4n) is 11.0. The van der Waals surface area contributed by atoms with Gasteiger partial charge in [0.1, 0.15) is 19.3 Å². The Balaban J connectivity index is 5.25. The van der Waals surface area contributed by atoms with Gasteiger partial charge in [-0.1, -0.05) is 318 Å². The van der Waals surface area contributed by atoms with Crippen molar-refractivity contribution in [1.29, 1.82) is 0 Å². The third-order valence-electron chi connectivity index (χ3n) is 17.2. The molecule has 6 atom stereocenters.